The molecule has 1 unspecified atom stereocenters. The molecule has 0 fully saturated rings. The number of rotatable bonds is 3. The van der Waals surface area contributed by atoms with E-state index in [0.717, 1.165) is 0 Å². The minimum atomic E-state index is 0.185. The molecule has 0 radical (unpaired) electrons. The maximum Gasteiger partial charge on any atom is 0.0727 e. The topological polar surface area (TPSA) is 9.23 Å². The van der Waals surface area contributed by atoms with Gasteiger partial charge in [-0.05, 0) is 12.5 Å². The summed E-state index contributed by atoms with van der Waals surface area (Å²) in [5.41, 5.74) is 1.21. The van der Waals surface area contributed by atoms with Crippen LogP contribution in [-0.2, 0) is 4.74 Å². The lowest BCUT2D eigenvalue weighted by Gasteiger charge is -2.00. The molecule has 0 aromatic heterocycles. The molecule has 0 spiro atoms. The van der Waals surface area contributed by atoms with Gasteiger partial charge in [0.1, 0.15) is 0 Å². The van der Waals surface area contributed by atoms with E-state index in [1.165, 1.54) is 5.56 Å². The molecule has 64 valence electrons. The molecular weight excluding hydrogens is 148 g/mol. The molecule has 1 nitrogen and oxygen atoms in total. The molecule has 0 aliphatic carbocycles. The highest BCUT2D eigenvalue weighted by molar-refractivity contribution is 5.49. The van der Waals surface area contributed by atoms with Crippen molar-refractivity contribution in [2.75, 3.05) is 7.11 Å². The lowest BCUT2D eigenvalue weighted by atomic mass is 10.2. The lowest BCUT2D eigenvalue weighted by molar-refractivity contribution is 0.157. The fourth-order valence-corrected chi connectivity index (χ4v) is 0.889. The maximum absolute atomic E-state index is 5.09. The summed E-state index contributed by atoms with van der Waals surface area (Å²) in [7, 11) is 1.71. The van der Waals surface area contributed by atoms with Gasteiger partial charge in [0, 0.05) is 7.11 Å². The van der Waals surface area contributed by atoms with E-state index >= 15 is 0 Å². The molecule has 0 N–H and O–H groups in total. The molecule has 0 saturated heterocycles. The van der Waals surface area contributed by atoms with Crippen LogP contribution < -0.4 is 0 Å². The van der Waals surface area contributed by atoms with Gasteiger partial charge in [0.2, 0.25) is 0 Å². The van der Waals surface area contributed by atoms with Crippen LogP contribution in [0, 0.1) is 0 Å². The predicted molar refractivity (Wildman–Crippen MR) is 51.9 cm³/mol. The summed E-state index contributed by atoms with van der Waals surface area (Å²) in [6.07, 6.45) is 4.29. The Hall–Kier alpha value is -1.08. The van der Waals surface area contributed by atoms with Crippen molar-refractivity contribution in [1.29, 1.82) is 0 Å². The molecule has 1 rings (SSSR count). The monoisotopic (exact) mass is 162 g/mol. The standard InChI is InChI=1S/C11H14O/c1-10(12-2)8-9-11-6-4-3-5-7-11/h3-10H,1-2H3. The van der Waals surface area contributed by atoms with Crippen LogP contribution in [0.2, 0.25) is 0 Å². The number of hydrogen-bond acceptors (Lipinski definition) is 1. The van der Waals surface area contributed by atoms with Crippen molar-refractivity contribution in [3.8, 4) is 0 Å². The highest BCUT2D eigenvalue weighted by Gasteiger charge is 1.89. The quantitative estimate of drug-likeness (QED) is 0.664. The van der Waals surface area contributed by atoms with E-state index in [0.29, 0.717) is 0 Å². The van der Waals surface area contributed by atoms with Crippen LogP contribution in [0.1, 0.15) is 12.5 Å². The smallest absolute Gasteiger partial charge is 0.0727 e. The third-order valence-electron chi connectivity index (χ3n) is 1.73. The van der Waals surface area contributed by atoms with Crippen molar-refractivity contribution in [2.24, 2.45) is 0 Å². The summed E-state index contributed by atoms with van der Waals surface area (Å²) in [5.74, 6) is 0. The van der Waals surface area contributed by atoms with Crippen LogP contribution in [0.5, 0.6) is 0 Å². The number of methoxy groups -OCH3 is 1. The Morgan fingerprint density at radius 1 is 1.25 bits per heavy atom. The fraction of sp³-hybridized carbons (Fsp3) is 0.273. The number of hydrogen-bond donors (Lipinski definition) is 0. The zero-order valence-electron chi connectivity index (χ0n) is 7.53. The average molecular weight is 162 g/mol. The molecule has 1 atom stereocenters. The largest absolute Gasteiger partial charge is 0.378 e. The summed E-state index contributed by atoms with van der Waals surface area (Å²) in [6.45, 7) is 2.01. The van der Waals surface area contributed by atoms with Crippen LogP contribution in [0.3, 0.4) is 0 Å². The van der Waals surface area contributed by atoms with E-state index in [9.17, 15) is 0 Å². The van der Waals surface area contributed by atoms with E-state index < -0.39 is 0 Å². The minimum absolute atomic E-state index is 0.185. The predicted octanol–water partition coefficient (Wildman–Crippen LogP) is 2.73. The zero-order chi connectivity index (χ0) is 8.81. The zero-order valence-corrected chi connectivity index (χ0v) is 7.53. The van der Waals surface area contributed by atoms with Gasteiger partial charge in [0.25, 0.3) is 0 Å². The Morgan fingerprint density at radius 3 is 2.50 bits per heavy atom. The van der Waals surface area contributed by atoms with Crippen molar-refractivity contribution in [1.82, 2.24) is 0 Å². The van der Waals surface area contributed by atoms with E-state index in [1.807, 2.05) is 31.2 Å². The minimum Gasteiger partial charge on any atom is -0.378 e. The first-order valence-electron chi connectivity index (χ1n) is 4.09. The van der Waals surface area contributed by atoms with Gasteiger partial charge in [-0.2, -0.15) is 0 Å². The first-order chi connectivity index (χ1) is 5.83. The third kappa shape index (κ3) is 2.89. The van der Waals surface area contributed by atoms with Crippen LogP contribution in [0.4, 0.5) is 0 Å². The van der Waals surface area contributed by atoms with Crippen LogP contribution in [0.15, 0.2) is 36.4 Å². The van der Waals surface area contributed by atoms with E-state index in [2.05, 4.69) is 18.2 Å². The van der Waals surface area contributed by atoms with Crippen molar-refractivity contribution >= 4 is 6.08 Å². The Morgan fingerprint density at radius 2 is 1.92 bits per heavy atom. The summed E-state index contributed by atoms with van der Waals surface area (Å²) in [4.78, 5) is 0. The first-order valence-corrected chi connectivity index (χ1v) is 4.09. The highest BCUT2D eigenvalue weighted by Crippen LogP contribution is 2.02. The molecule has 0 bridgehead atoms. The van der Waals surface area contributed by atoms with Crippen LogP contribution in [-0.4, -0.2) is 13.2 Å². The van der Waals surface area contributed by atoms with Crippen molar-refractivity contribution in [2.45, 2.75) is 13.0 Å². The SMILES string of the molecule is COC(C)C=Cc1ccccc1. The third-order valence-corrected chi connectivity index (χ3v) is 1.73. The molecule has 12 heavy (non-hydrogen) atoms. The first kappa shape index (κ1) is 9.01. The molecule has 0 heterocycles. The second-order valence-corrected chi connectivity index (χ2v) is 2.71. The van der Waals surface area contributed by atoms with Crippen molar-refractivity contribution in [3.63, 3.8) is 0 Å². The molecule has 0 aliphatic heterocycles. The van der Waals surface area contributed by atoms with E-state index in [4.69, 9.17) is 4.74 Å². The Kier molecular flexibility index (Phi) is 3.55. The normalized spacial score (nSPS) is 13.5. The average Bonchev–Trinajstić information content (AvgIpc) is 2.16. The second kappa shape index (κ2) is 4.73. The van der Waals surface area contributed by atoms with Gasteiger partial charge in [-0.15, -0.1) is 0 Å². The summed E-state index contributed by atoms with van der Waals surface area (Å²) in [6, 6.07) is 10.2. The van der Waals surface area contributed by atoms with Crippen molar-refractivity contribution in [3.05, 3.63) is 42.0 Å². The van der Waals surface area contributed by atoms with E-state index in [-0.39, 0.29) is 6.10 Å². The molecule has 1 heteroatoms. The Labute approximate surface area is 73.7 Å². The summed E-state index contributed by atoms with van der Waals surface area (Å²) in [5, 5.41) is 0. The maximum atomic E-state index is 5.09. The van der Waals surface area contributed by atoms with Crippen molar-refractivity contribution < 1.29 is 4.74 Å². The van der Waals surface area contributed by atoms with Gasteiger partial charge in [-0.25, -0.2) is 0 Å². The molecule has 1 aromatic rings. The Balaban J connectivity index is 2.58. The highest BCUT2D eigenvalue weighted by atomic mass is 16.5. The van der Waals surface area contributed by atoms with Gasteiger partial charge in [0.15, 0.2) is 0 Å². The van der Waals surface area contributed by atoms with Crippen LogP contribution >= 0.6 is 0 Å². The number of benzene rings is 1. The molecule has 0 amide bonds. The van der Waals surface area contributed by atoms with Gasteiger partial charge in [-0.3, -0.25) is 0 Å². The number of ether oxygens (including phenoxy) is 1. The lowest BCUT2D eigenvalue weighted by Crippen LogP contribution is -1.98. The van der Waals surface area contributed by atoms with Crippen LogP contribution in [0.25, 0.3) is 6.08 Å². The molecule has 0 aliphatic rings. The molecular formula is C11H14O. The summed E-state index contributed by atoms with van der Waals surface area (Å²) < 4.78 is 5.09. The second-order valence-electron chi connectivity index (χ2n) is 2.71. The molecule has 0 saturated carbocycles. The van der Waals surface area contributed by atoms with Gasteiger partial charge >= 0.3 is 0 Å². The summed E-state index contributed by atoms with van der Waals surface area (Å²) >= 11 is 0. The van der Waals surface area contributed by atoms with E-state index in [1.54, 1.807) is 7.11 Å². The molecule has 1 aromatic carbocycles. The van der Waals surface area contributed by atoms with Gasteiger partial charge in [-0.1, -0.05) is 42.5 Å². The Bertz CT molecular complexity index is 238. The fourth-order valence-electron chi connectivity index (χ4n) is 0.889. The van der Waals surface area contributed by atoms with Gasteiger partial charge < -0.3 is 4.74 Å². The van der Waals surface area contributed by atoms with Gasteiger partial charge in [0.05, 0.1) is 6.10 Å².